The summed E-state index contributed by atoms with van der Waals surface area (Å²) in [4.78, 5) is 35.6. The Bertz CT molecular complexity index is 802. The largest absolute Gasteiger partial charge is 0.318 e. The molecule has 0 aliphatic carbocycles. The third-order valence-electron chi connectivity index (χ3n) is 3.74. The van der Waals surface area contributed by atoms with Gasteiger partial charge in [-0.15, -0.1) is 0 Å². The first-order chi connectivity index (χ1) is 11.7. The number of ketones is 1. The van der Waals surface area contributed by atoms with Gasteiger partial charge in [-0.3, -0.25) is 14.4 Å². The predicted molar refractivity (Wildman–Crippen MR) is 98.8 cm³/mol. The molecule has 0 atom stereocenters. The molecule has 5 nitrogen and oxygen atoms in total. The highest BCUT2D eigenvalue weighted by atomic mass is 16.2. The number of amides is 2. The van der Waals surface area contributed by atoms with Crippen LogP contribution in [0.3, 0.4) is 0 Å². The summed E-state index contributed by atoms with van der Waals surface area (Å²) in [5.74, 6) is -1.57. The van der Waals surface area contributed by atoms with Crippen LogP contribution in [0.4, 0.5) is 11.4 Å². The van der Waals surface area contributed by atoms with Crippen LogP contribution in [0.2, 0.25) is 0 Å². The van der Waals surface area contributed by atoms with Gasteiger partial charge in [-0.2, -0.15) is 0 Å². The van der Waals surface area contributed by atoms with Crippen molar-refractivity contribution in [2.75, 3.05) is 10.6 Å². The number of carbonyl (C=O) groups excluding carboxylic acids is 3. The topological polar surface area (TPSA) is 75.3 Å². The van der Waals surface area contributed by atoms with Crippen molar-refractivity contribution >= 4 is 29.0 Å². The van der Waals surface area contributed by atoms with Crippen molar-refractivity contribution in [1.29, 1.82) is 0 Å². The smallest absolute Gasteiger partial charge is 0.314 e. The number of benzene rings is 2. The molecular formula is C20H22N2O3. The zero-order chi connectivity index (χ0) is 18.6. The molecule has 2 rings (SSSR count). The molecule has 2 aromatic rings. The molecule has 0 bridgehead atoms. The Kier molecular flexibility index (Phi) is 5.37. The number of anilines is 2. The maximum absolute atomic E-state index is 12.2. The van der Waals surface area contributed by atoms with Crippen LogP contribution in [-0.2, 0) is 15.0 Å². The van der Waals surface area contributed by atoms with Crippen LogP contribution in [0.1, 0.15) is 43.6 Å². The molecule has 2 N–H and O–H groups in total. The lowest BCUT2D eigenvalue weighted by Crippen LogP contribution is -2.30. The molecule has 0 saturated heterocycles. The average Bonchev–Trinajstić information content (AvgIpc) is 2.54. The Balaban J connectivity index is 2.09. The van der Waals surface area contributed by atoms with E-state index in [9.17, 15) is 14.4 Å². The van der Waals surface area contributed by atoms with Crippen molar-refractivity contribution in [2.24, 2.45) is 0 Å². The van der Waals surface area contributed by atoms with Crippen molar-refractivity contribution < 1.29 is 14.4 Å². The summed E-state index contributed by atoms with van der Waals surface area (Å²) >= 11 is 0. The van der Waals surface area contributed by atoms with Crippen LogP contribution in [0.25, 0.3) is 0 Å². The van der Waals surface area contributed by atoms with Crippen molar-refractivity contribution in [3.05, 3.63) is 59.7 Å². The molecule has 5 heteroatoms. The highest BCUT2D eigenvalue weighted by Crippen LogP contribution is 2.29. The number of para-hydroxylation sites is 1. The second-order valence-electron chi connectivity index (χ2n) is 6.84. The fourth-order valence-electron chi connectivity index (χ4n) is 2.40. The lowest BCUT2D eigenvalue weighted by molar-refractivity contribution is -0.133. The van der Waals surface area contributed by atoms with Gasteiger partial charge in [-0.05, 0) is 48.2 Å². The van der Waals surface area contributed by atoms with E-state index < -0.39 is 11.8 Å². The van der Waals surface area contributed by atoms with Crippen molar-refractivity contribution in [3.8, 4) is 0 Å². The number of rotatable bonds is 3. The molecule has 2 amide bonds. The van der Waals surface area contributed by atoms with Gasteiger partial charge in [0, 0.05) is 16.9 Å². The van der Waals surface area contributed by atoms with Gasteiger partial charge >= 0.3 is 11.8 Å². The minimum Gasteiger partial charge on any atom is -0.318 e. The number of hydrogen-bond donors (Lipinski definition) is 2. The highest BCUT2D eigenvalue weighted by Gasteiger charge is 2.21. The van der Waals surface area contributed by atoms with Crippen LogP contribution in [-0.4, -0.2) is 17.6 Å². The van der Waals surface area contributed by atoms with E-state index >= 15 is 0 Å². The summed E-state index contributed by atoms with van der Waals surface area (Å²) in [5.41, 5.74) is 2.39. The Morgan fingerprint density at radius 2 is 1.36 bits per heavy atom. The first-order valence-corrected chi connectivity index (χ1v) is 8.01. The van der Waals surface area contributed by atoms with E-state index in [1.54, 1.807) is 30.3 Å². The number of Topliss-reactive ketones (excluding diaryl/α,β-unsaturated/α-hetero) is 1. The molecule has 0 aliphatic rings. The normalized spacial score (nSPS) is 10.9. The Morgan fingerprint density at radius 3 is 1.92 bits per heavy atom. The van der Waals surface area contributed by atoms with E-state index in [0.717, 1.165) is 5.56 Å². The molecular weight excluding hydrogens is 316 g/mol. The summed E-state index contributed by atoms with van der Waals surface area (Å²) in [5, 5.41) is 5.19. The van der Waals surface area contributed by atoms with Gasteiger partial charge in [0.1, 0.15) is 0 Å². The second-order valence-corrected chi connectivity index (χ2v) is 6.84. The van der Waals surface area contributed by atoms with E-state index in [0.29, 0.717) is 16.9 Å². The van der Waals surface area contributed by atoms with E-state index in [1.807, 2.05) is 39.0 Å². The fourth-order valence-corrected chi connectivity index (χ4v) is 2.40. The standard InChI is InChI=1S/C20H22N2O3/c1-13(23)14-9-11-15(12-10-14)21-18(24)19(25)22-17-8-6-5-7-16(17)20(2,3)4/h5-12H,1-4H3,(H,21,24)(H,22,25). The van der Waals surface area contributed by atoms with Gasteiger partial charge in [0.15, 0.2) is 5.78 Å². The van der Waals surface area contributed by atoms with Gasteiger partial charge in [-0.1, -0.05) is 39.0 Å². The van der Waals surface area contributed by atoms with Crippen LogP contribution in [0.15, 0.2) is 48.5 Å². The molecule has 0 fully saturated rings. The lowest BCUT2D eigenvalue weighted by Gasteiger charge is -2.22. The predicted octanol–water partition coefficient (Wildman–Crippen LogP) is 3.76. The molecule has 0 heterocycles. The van der Waals surface area contributed by atoms with Crippen molar-refractivity contribution in [2.45, 2.75) is 33.1 Å². The molecule has 0 unspecified atom stereocenters. The Labute approximate surface area is 147 Å². The summed E-state index contributed by atoms with van der Waals surface area (Å²) in [7, 11) is 0. The third kappa shape index (κ3) is 4.76. The van der Waals surface area contributed by atoms with Crippen LogP contribution in [0.5, 0.6) is 0 Å². The summed E-state index contributed by atoms with van der Waals surface area (Å²) < 4.78 is 0. The van der Waals surface area contributed by atoms with Gasteiger partial charge in [-0.25, -0.2) is 0 Å². The maximum Gasteiger partial charge on any atom is 0.314 e. The van der Waals surface area contributed by atoms with Crippen molar-refractivity contribution in [1.82, 2.24) is 0 Å². The zero-order valence-electron chi connectivity index (χ0n) is 14.8. The van der Waals surface area contributed by atoms with E-state index in [4.69, 9.17) is 0 Å². The van der Waals surface area contributed by atoms with Crippen LogP contribution < -0.4 is 10.6 Å². The molecule has 0 radical (unpaired) electrons. The first kappa shape index (κ1) is 18.4. The van der Waals surface area contributed by atoms with E-state index in [-0.39, 0.29) is 11.2 Å². The summed E-state index contributed by atoms with van der Waals surface area (Å²) in [6, 6.07) is 13.8. The molecule has 2 aromatic carbocycles. The molecule has 0 saturated carbocycles. The highest BCUT2D eigenvalue weighted by molar-refractivity contribution is 6.43. The quantitative estimate of drug-likeness (QED) is 0.661. The Morgan fingerprint density at radius 1 is 0.800 bits per heavy atom. The number of nitrogens with one attached hydrogen (secondary N) is 2. The second kappa shape index (κ2) is 7.30. The molecule has 0 spiro atoms. The Hall–Kier alpha value is -2.95. The van der Waals surface area contributed by atoms with Crippen molar-refractivity contribution in [3.63, 3.8) is 0 Å². The minimum absolute atomic E-state index is 0.0607. The lowest BCUT2D eigenvalue weighted by atomic mass is 9.86. The van der Waals surface area contributed by atoms with Gasteiger partial charge < -0.3 is 10.6 Å². The average molecular weight is 338 g/mol. The first-order valence-electron chi connectivity index (χ1n) is 8.01. The van der Waals surface area contributed by atoms with E-state index in [1.165, 1.54) is 6.92 Å². The molecule has 130 valence electrons. The third-order valence-corrected chi connectivity index (χ3v) is 3.74. The zero-order valence-corrected chi connectivity index (χ0v) is 14.8. The van der Waals surface area contributed by atoms with Crippen LogP contribution in [0, 0.1) is 0 Å². The van der Waals surface area contributed by atoms with Gasteiger partial charge in [0.05, 0.1) is 0 Å². The fraction of sp³-hybridized carbons (Fsp3) is 0.250. The van der Waals surface area contributed by atoms with Gasteiger partial charge in [0.25, 0.3) is 0 Å². The number of hydrogen-bond acceptors (Lipinski definition) is 3. The summed E-state index contributed by atoms with van der Waals surface area (Å²) in [6.45, 7) is 7.58. The molecule has 0 aliphatic heterocycles. The summed E-state index contributed by atoms with van der Waals surface area (Å²) in [6.07, 6.45) is 0. The van der Waals surface area contributed by atoms with Crippen LogP contribution >= 0.6 is 0 Å². The number of carbonyl (C=O) groups is 3. The molecule has 25 heavy (non-hydrogen) atoms. The van der Waals surface area contributed by atoms with E-state index in [2.05, 4.69) is 10.6 Å². The monoisotopic (exact) mass is 338 g/mol. The minimum atomic E-state index is -0.765. The van der Waals surface area contributed by atoms with Gasteiger partial charge in [0.2, 0.25) is 0 Å². The molecule has 0 aromatic heterocycles. The maximum atomic E-state index is 12.2. The SMILES string of the molecule is CC(=O)c1ccc(NC(=O)C(=O)Nc2ccccc2C(C)(C)C)cc1.